The highest BCUT2D eigenvalue weighted by Gasteiger charge is 2.21. The number of aryl methyl sites for hydroxylation is 2. The zero-order chi connectivity index (χ0) is 19.1. The Balaban J connectivity index is 1.40. The number of hydrogen-bond acceptors (Lipinski definition) is 6. The average Bonchev–Trinajstić information content (AvgIpc) is 3.31. The van der Waals surface area contributed by atoms with Gasteiger partial charge in [-0.3, -0.25) is 0 Å². The predicted molar refractivity (Wildman–Crippen MR) is 105 cm³/mol. The van der Waals surface area contributed by atoms with Crippen molar-refractivity contribution in [2.75, 3.05) is 18.5 Å². The second-order valence-corrected chi connectivity index (χ2v) is 6.82. The van der Waals surface area contributed by atoms with Gasteiger partial charge in [-0.05, 0) is 19.1 Å². The van der Waals surface area contributed by atoms with Crippen LogP contribution in [-0.2, 0) is 7.05 Å². The molecule has 1 atom stereocenters. The van der Waals surface area contributed by atoms with Gasteiger partial charge in [-0.15, -0.1) is 0 Å². The zero-order valence-corrected chi connectivity index (χ0v) is 15.7. The number of ether oxygens (including phenoxy) is 2. The lowest BCUT2D eigenvalue weighted by Crippen LogP contribution is -2.35. The van der Waals surface area contributed by atoms with Crippen LogP contribution in [0.25, 0.3) is 17.2 Å². The molecule has 5 rings (SSSR count). The largest absolute Gasteiger partial charge is 0.486 e. The normalized spacial score (nSPS) is 15.7. The second kappa shape index (κ2) is 6.56. The van der Waals surface area contributed by atoms with E-state index in [2.05, 4.69) is 15.3 Å². The van der Waals surface area contributed by atoms with Crippen LogP contribution in [0.4, 0.5) is 5.82 Å². The summed E-state index contributed by atoms with van der Waals surface area (Å²) in [6.07, 6.45) is 3.56. The number of para-hydroxylation sites is 2. The number of anilines is 1. The minimum atomic E-state index is -0.0944. The Hall–Kier alpha value is -3.55. The molecular formula is C20H20N6O2. The third-order valence-corrected chi connectivity index (χ3v) is 4.68. The van der Waals surface area contributed by atoms with E-state index in [1.165, 1.54) is 0 Å². The highest BCUT2D eigenvalue weighted by Crippen LogP contribution is 2.31. The van der Waals surface area contributed by atoms with E-state index < -0.39 is 0 Å². The van der Waals surface area contributed by atoms with Crippen LogP contribution in [0.1, 0.15) is 5.69 Å². The van der Waals surface area contributed by atoms with Crippen molar-refractivity contribution in [1.82, 2.24) is 24.1 Å². The van der Waals surface area contributed by atoms with Crippen LogP contribution in [0.15, 0.2) is 48.8 Å². The highest BCUT2D eigenvalue weighted by molar-refractivity contribution is 5.61. The lowest BCUT2D eigenvalue weighted by molar-refractivity contribution is 0.0997. The monoisotopic (exact) mass is 376 g/mol. The first-order valence-electron chi connectivity index (χ1n) is 9.15. The smallest absolute Gasteiger partial charge is 0.161 e. The molecular weight excluding hydrogens is 356 g/mol. The molecule has 0 radical (unpaired) electrons. The molecule has 1 aliphatic rings. The zero-order valence-electron chi connectivity index (χ0n) is 15.7. The molecule has 1 aliphatic heterocycles. The molecule has 142 valence electrons. The first-order valence-corrected chi connectivity index (χ1v) is 9.15. The van der Waals surface area contributed by atoms with Crippen LogP contribution in [0, 0.1) is 6.92 Å². The fourth-order valence-corrected chi connectivity index (χ4v) is 3.33. The third kappa shape index (κ3) is 2.92. The average molecular weight is 376 g/mol. The van der Waals surface area contributed by atoms with Gasteiger partial charge >= 0.3 is 0 Å². The molecule has 0 unspecified atom stereocenters. The van der Waals surface area contributed by atoms with E-state index in [9.17, 15) is 0 Å². The molecule has 4 aromatic rings. The van der Waals surface area contributed by atoms with E-state index in [4.69, 9.17) is 14.6 Å². The van der Waals surface area contributed by atoms with Gasteiger partial charge in [0.15, 0.2) is 23.0 Å². The topological polar surface area (TPSA) is 78.5 Å². The first kappa shape index (κ1) is 16.6. The number of nitrogens with one attached hydrogen (secondary N) is 1. The van der Waals surface area contributed by atoms with Crippen LogP contribution in [0.5, 0.6) is 11.5 Å². The van der Waals surface area contributed by atoms with Crippen LogP contribution >= 0.6 is 0 Å². The Morgan fingerprint density at radius 3 is 2.89 bits per heavy atom. The predicted octanol–water partition coefficient (Wildman–Crippen LogP) is 2.69. The van der Waals surface area contributed by atoms with E-state index in [1.807, 2.05) is 61.1 Å². The van der Waals surface area contributed by atoms with Crippen LogP contribution in [0.2, 0.25) is 0 Å². The van der Waals surface area contributed by atoms with Gasteiger partial charge in [-0.25, -0.2) is 9.97 Å². The molecule has 0 saturated heterocycles. The maximum atomic E-state index is 6.03. The number of nitrogens with zero attached hydrogens (tertiary/aromatic N) is 5. The van der Waals surface area contributed by atoms with Gasteiger partial charge < -0.3 is 19.4 Å². The molecule has 8 nitrogen and oxygen atoms in total. The molecule has 0 fully saturated rings. The number of hydrogen-bond donors (Lipinski definition) is 1. The van der Waals surface area contributed by atoms with E-state index in [0.29, 0.717) is 13.2 Å². The Morgan fingerprint density at radius 2 is 2.07 bits per heavy atom. The summed E-state index contributed by atoms with van der Waals surface area (Å²) in [6.45, 7) is 3.05. The summed E-state index contributed by atoms with van der Waals surface area (Å²) < 4.78 is 15.6. The maximum Gasteiger partial charge on any atom is 0.161 e. The molecule has 4 heterocycles. The molecule has 0 saturated carbocycles. The summed E-state index contributed by atoms with van der Waals surface area (Å²) in [4.78, 5) is 8.97. The van der Waals surface area contributed by atoms with Crippen molar-refractivity contribution in [2.45, 2.75) is 13.0 Å². The van der Waals surface area contributed by atoms with Gasteiger partial charge in [0, 0.05) is 37.3 Å². The molecule has 28 heavy (non-hydrogen) atoms. The molecule has 1 aromatic carbocycles. The number of benzene rings is 1. The fourth-order valence-electron chi connectivity index (χ4n) is 3.33. The Kier molecular flexibility index (Phi) is 3.89. The van der Waals surface area contributed by atoms with Crippen LogP contribution < -0.4 is 14.8 Å². The lowest BCUT2D eigenvalue weighted by atomic mass is 10.2. The number of rotatable bonds is 4. The minimum Gasteiger partial charge on any atom is -0.486 e. The van der Waals surface area contributed by atoms with Crippen molar-refractivity contribution in [3.63, 3.8) is 0 Å². The lowest BCUT2D eigenvalue weighted by Gasteiger charge is -2.26. The summed E-state index contributed by atoms with van der Waals surface area (Å²) in [7, 11) is 1.95. The van der Waals surface area contributed by atoms with Gasteiger partial charge in [-0.2, -0.15) is 9.61 Å². The van der Waals surface area contributed by atoms with E-state index in [0.717, 1.165) is 40.2 Å². The first-order chi connectivity index (χ1) is 13.7. The number of aromatic nitrogens is 5. The van der Waals surface area contributed by atoms with Crippen LogP contribution in [0.3, 0.4) is 0 Å². The third-order valence-electron chi connectivity index (χ3n) is 4.68. The quantitative estimate of drug-likeness (QED) is 0.590. The van der Waals surface area contributed by atoms with E-state index >= 15 is 0 Å². The molecule has 0 aliphatic carbocycles. The van der Waals surface area contributed by atoms with Crippen LogP contribution in [-0.4, -0.2) is 43.4 Å². The van der Waals surface area contributed by atoms with Crippen molar-refractivity contribution in [1.29, 1.82) is 0 Å². The van der Waals surface area contributed by atoms with Crippen molar-refractivity contribution in [3.05, 3.63) is 54.5 Å². The van der Waals surface area contributed by atoms with Gasteiger partial charge in [0.05, 0.1) is 6.54 Å². The summed E-state index contributed by atoms with van der Waals surface area (Å²) >= 11 is 0. The molecule has 1 N–H and O–H groups in total. The molecule has 0 bridgehead atoms. The SMILES string of the molecule is Cc1cc(NC[C@H]2COc3ccccc3O2)n2nc(-c3nccn3C)cc2n1. The van der Waals surface area contributed by atoms with E-state index in [1.54, 1.807) is 10.7 Å². The number of fused-ring (bicyclic) bond motifs is 2. The standard InChI is InChI=1S/C20H20N6O2/c1-13-9-18(22-11-14-12-27-16-5-3-4-6-17(16)28-14)26-19(23-13)10-15(24-26)20-21-7-8-25(20)2/h3-10,14,22H,11-12H2,1-2H3/t14-/m0/s1. The highest BCUT2D eigenvalue weighted by atomic mass is 16.6. The summed E-state index contributed by atoms with van der Waals surface area (Å²) in [6, 6.07) is 11.6. The Morgan fingerprint density at radius 1 is 1.21 bits per heavy atom. The fraction of sp³-hybridized carbons (Fsp3) is 0.250. The summed E-state index contributed by atoms with van der Waals surface area (Å²) in [5, 5.41) is 8.12. The summed E-state index contributed by atoms with van der Waals surface area (Å²) in [5.41, 5.74) is 2.46. The summed E-state index contributed by atoms with van der Waals surface area (Å²) in [5.74, 6) is 3.21. The van der Waals surface area contributed by atoms with Gasteiger partial charge in [0.2, 0.25) is 0 Å². The van der Waals surface area contributed by atoms with E-state index in [-0.39, 0.29) is 6.10 Å². The second-order valence-electron chi connectivity index (χ2n) is 6.82. The van der Waals surface area contributed by atoms with Gasteiger partial charge in [0.1, 0.15) is 24.2 Å². The Bertz CT molecular complexity index is 1150. The Labute approximate surface area is 161 Å². The number of imidazole rings is 1. The molecule has 8 heteroatoms. The van der Waals surface area contributed by atoms with Crippen molar-refractivity contribution >= 4 is 11.5 Å². The van der Waals surface area contributed by atoms with Crippen molar-refractivity contribution in [2.24, 2.45) is 7.05 Å². The van der Waals surface area contributed by atoms with Crippen molar-refractivity contribution in [3.8, 4) is 23.0 Å². The minimum absolute atomic E-state index is 0.0944. The van der Waals surface area contributed by atoms with Crippen molar-refractivity contribution < 1.29 is 9.47 Å². The maximum absolute atomic E-state index is 6.03. The molecule has 0 spiro atoms. The molecule has 3 aromatic heterocycles. The molecule has 0 amide bonds. The van der Waals surface area contributed by atoms with Gasteiger partial charge in [-0.1, -0.05) is 12.1 Å². The van der Waals surface area contributed by atoms with Gasteiger partial charge in [0.25, 0.3) is 0 Å².